The topological polar surface area (TPSA) is 111 Å². The molecule has 0 aromatic carbocycles. The fourth-order valence-corrected chi connectivity index (χ4v) is 2.15. The van der Waals surface area contributed by atoms with Gasteiger partial charge in [-0.15, -0.1) is 0 Å². The van der Waals surface area contributed by atoms with Gasteiger partial charge in [0.2, 0.25) is 0 Å². The molecule has 7 heteroatoms. The molecule has 1 fully saturated rings. The molecule has 0 amide bonds. The average molecular weight is 250 g/mol. The van der Waals surface area contributed by atoms with E-state index in [1.807, 2.05) is 0 Å². The van der Waals surface area contributed by atoms with Gasteiger partial charge in [0.1, 0.15) is 6.10 Å². The highest BCUT2D eigenvalue weighted by atomic mass is 16.5. The fraction of sp³-hybridized carbons (Fsp3) is 0.545. The number of aromatic nitrogens is 1. The number of azide groups is 1. The number of aliphatic hydroxyl groups excluding tert-OH is 1. The lowest BCUT2D eigenvalue weighted by molar-refractivity contribution is 0.0382. The highest BCUT2D eigenvalue weighted by molar-refractivity contribution is 5.95. The Balaban J connectivity index is 2.25. The van der Waals surface area contributed by atoms with Crippen LogP contribution < -0.4 is 0 Å². The van der Waals surface area contributed by atoms with Crippen molar-refractivity contribution in [2.75, 3.05) is 6.61 Å². The first-order valence-corrected chi connectivity index (χ1v) is 5.59. The number of hydrogen-bond donors (Lipinski definition) is 2. The number of hydrogen-bond acceptors (Lipinski definition) is 4. The minimum Gasteiger partial charge on any atom is -0.389 e. The SMILES string of the molecule is CC(=O)c1cc([C@H]2OC[C@H](N=[N+]=[N-])[C@H]2O)[nH]c1C. The first-order chi connectivity index (χ1) is 8.54. The van der Waals surface area contributed by atoms with Gasteiger partial charge in [0.25, 0.3) is 0 Å². The molecule has 3 atom stereocenters. The number of aryl methyl sites for hydroxylation is 1. The monoisotopic (exact) mass is 250 g/mol. The summed E-state index contributed by atoms with van der Waals surface area (Å²) in [7, 11) is 0. The summed E-state index contributed by atoms with van der Waals surface area (Å²) in [6.45, 7) is 3.44. The number of ether oxygens (including phenoxy) is 1. The lowest BCUT2D eigenvalue weighted by Crippen LogP contribution is -2.23. The number of H-pyrrole nitrogens is 1. The maximum absolute atomic E-state index is 11.4. The molecule has 7 nitrogen and oxygen atoms in total. The van der Waals surface area contributed by atoms with Crippen molar-refractivity contribution in [2.24, 2.45) is 5.11 Å². The molecule has 0 aliphatic carbocycles. The van der Waals surface area contributed by atoms with Gasteiger partial charge >= 0.3 is 0 Å². The van der Waals surface area contributed by atoms with E-state index in [4.69, 9.17) is 10.3 Å². The van der Waals surface area contributed by atoms with E-state index < -0.39 is 18.2 Å². The van der Waals surface area contributed by atoms with Gasteiger partial charge in [0.05, 0.1) is 18.8 Å². The molecule has 1 aliphatic heterocycles. The van der Waals surface area contributed by atoms with Crippen LogP contribution in [-0.4, -0.2) is 34.6 Å². The van der Waals surface area contributed by atoms with Crippen LogP contribution in [0.1, 0.15) is 34.8 Å². The first-order valence-electron chi connectivity index (χ1n) is 5.59. The Kier molecular flexibility index (Phi) is 3.38. The number of Topliss-reactive ketones (excluding diaryl/α,β-unsaturated/α-hetero) is 1. The summed E-state index contributed by atoms with van der Waals surface area (Å²) in [6, 6.07) is 1.08. The van der Waals surface area contributed by atoms with Crippen LogP contribution in [0.3, 0.4) is 0 Å². The van der Waals surface area contributed by atoms with E-state index in [0.29, 0.717) is 11.3 Å². The zero-order valence-electron chi connectivity index (χ0n) is 10.1. The van der Waals surface area contributed by atoms with E-state index in [1.165, 1.54) is 6.92 Å². The highest BCUT2D eigenvalue weighted by Crippen LogP contribution is 2.31. The predicted molar refractivity (Wildman–Crippen MR) is 63.2 cm³/mol. The van der Waals surface area contributed by atoms with Crippen LogP contribution in [0.5, 0.6) is 0 Å². The molecule has 0 radical (unpaired) electrons. The van der Waals surface area contributed by atoms with E-state index >= 15 is 0 Å². The third-order valence-electron chi connectivity index (χ3n) is 3.07. The third-order valence-corrected chi connectivity index (χ3v) is 3.07. The maximum Gasteiger partial charge on any atom is 0.161 e. The Hall–Kier alpha value is -1.82. The minimum absolute atomic E-state index is 0.0471. The molecule has 18 heavy (non-hydrogen) atoms. The van der Waals surface area contributed by atoms with Crippen molar-refractivity contribution < 1.29 is 14.6 Å². The Morgan fingerprint density at radius 2 is 2.44 bits per heavy atom. The second-order valence-electron chi connectivity index (χ2n) is 4.34. The molecule has 1 saturated heterocycles. The molecular weight excluding hydrogens is 236 g/mol. The molecule has 1 aliphatic rings. The van der Waals surface area contributed by atoms with Gasteiger partial charge < -0.3 is 14.8 Å². The summed E-state index contributed by atoms with van der Waals surface area (Å²) in [5.41, 5.74) is 10.3. The Morgan fingerprint density at radius 1 is 1.72 bits per heavy atom. The number of ketones is 1. The molecule has 96 valence electrons. The Labute approximate surface area is 103 Å². The van der Waals surface area contributed by atoms with Crippen LogP contribution in [0.15, 0.2) is 11.2 Å². The Bertz CT molecular complexity index is 518. The normalized spacial score (nSPS) is 26.9. The van der Waals surface area contributed by atoms with Gasteiger partial charge in [-0.2, -0.15) is 0 Å². The van der Waals surface area contributed by atoms with E-state index in [0.717, 1.165) is 5.69 Å². The van der Waals surface area contributed by atoms with Crippen molar-refractivity contribution in [2.45, 2.75) is 32.1 Å². The highest BCUT2D eigenvalue weighted by Gasteiger charge is 2.37. The zero-order valence-corrected chi connectivity index (χ0v) is 10.1. The van der Waals surface area contributed by atoms with Gasteiger partial charge in [0, 0.05) is 21.9 Å². The molecular formula is C11H14N4O3. The van der Waals surface area contributed by atoms with Crippen LogP contribution in [-0.2, 0) is 4.74 Å². The molecule has 2 rings (SSSR count). The van der Waals surface area contributed by atoms with Gasteiger partial charge in [-0.25, -0.2) is 0 Å². The third kappa shape index (κ3) is 2.11. The largest absolute Gasteiger partial charge is 0.389 e. The van der Waals surface area contributed by atoms with Crippen molar-refractivity contribution >= 4 is 5.78 Å². The lowest BCUT2D eigenvalue weighted by Gasteiger charge is -2.13. The number of carbonyl (C=O) groups excluding carboxylic acids is 1. The molecule has 1 aromatic heterocycles. The van der Waals surface area contributed by atoms with Gasteiger partial charge in [-0.05, 0) is 25.4 Å². The minimum atomic E-state index is -0.904. The summed E-state index contributed by atoms with van der Waals surface area (Å²) in [6.07, 6.45) is -1.49. The molecule has 0 saturated carbocycles. The van der Waals surface area contributed by atoms with Crippen LogP contribution in [0, 0.1) is 6.92 Å². The summed E-state index contributed by atoms with van der Waals surface area (Å²) in [5, 5.41) is 13.4. The van der Waals surface area contributed by atoms with E-state index in [9.17, 15) is 9.90 Å². The summed E-state index contributed by atoms with van der Waals surface area (Å²) in [4.78, 5) is 17.0. The number of nitrogens with one attached hydrogen (secondary N) is 1. The second kappa shape index (κ2) is 4.81. The van der Waals surface area contributed by atoms with Crippen LogP contribution in [0.2, 0.25) is 0 Å². The van der Waals surface area contributed by atoms with Crippen molar-refractivity contribution in [3.8, 4) is 0 Å². The average Bonchev–Trinajstić information content (AvgIpc) is 2.84. The summed E-state index contributed by atoms with van der Waals surface area (Å²) in [5.74, 6) is -0.0471. The summed E-state index contributed by atoms with van der Waals surface area (Å²) >= 11 is 0. The van der Waals surface area contributed by atoms with E-state index in [2.05, 4.69) is 15.0 Å². The fourth-order valence-electron chi connectivity index (χ4n) is 2.15. The molecule has 0 spiro atoms. The predicted octanol–water partition coefficient (Wildman–Crippen LogP) is 1.64. The maximum atomic E-state index is 11.4. The number of aliphatic hydroxyl groups is 1. The van der Waals surface area contributed by atoms with Gasteiger partial charge in [-0.3, -0.25) is 4.79 Å². The van der Waals surface area contributed by atoms with E-state index in [1.54, 1.807) is 13.0 Å². The smallest absolute Gasteiger partial charge is 0.161 e. The number of carbonyl (C=O) groups is 1. The zero-order chi connectivity index (χ0) is 13.3. The molecule has 1 aromatic rings. The van der Waals surface area contributed by atoms with Crippen molar-refractivity contribution in [3.63, 3.8) is 0 Å². The van der Waals surface area contributed by atoms with Crippen molar-refractivity contribution in [1.29, 1.82) is 0 Å². The van der Waals surface area contributed by atoms with E-state index in [-0.39, 0.29) is 12.4 Å². The van der Waals surface area contributed by atoms with Crippen LogP contribution in [0.25, 0.3) is 10.4 Å². The molecule has 0 unspecified atom stereocenters. The molecule has 0 bridgehead atoms. The van der Waals surface area contributed by atoms with Gasteiger partial charge in [-0.1, -0.05) is 5.11 Å². The number of aromatic amines is 1. The van der Waals surface area contributed by atoms with Crippen molar-refractivity contribution in [3.05, 3.63) is 33.5 Å². The first kappa shape index (κ1) is 12.6. The second-order valence-corrected chi connectivity index (χ2v) is 4.34. The summed E-state index contributed by atoms with van der Waals surface area (Å²) < 4.78 is 5.41. The van der Waals surface area contributed by atoms with Gasteiger partial charge in [0.15, 0.2) is 5.78 Å². The van der Waals surface area contributed by atoms with Crippen molar-refractivity contribution in [1.82, 2.24) is 4.98 Å². The number of nitrogens with zero attached hydrogens (tertiary/aromatic N) is 3. The number of rotatable bonds is 3. The van der Waals surface area contributed by atoms with Crippen LogP contribution in [0.4, 0.5) is 0 Å². The van der Waals surface area contributed by atoms with Crippen LogP contribution >= 0.6 is 0 Å². The standard InChI is InChI=1S/C11H14N4O3/c1-5-7(6(2)16)3-8(13-5)11-10(17)9(4-18-11)14-15-12/h3,9-11,13,17H,4H2,1-2H3/t9-,10+,11+/m0/s1. The lowest BCUT2D eigenvalue weighted by atomic mass is 10.1. The Morgan fingerprint density at radius 3 is 3.00 bits per heavy atom. The molecule has 2 N–H and O–H groups in total. The quantitative estimate of drug-likeness (QED) is 0.368. The molecule has 2 heterocycles.